The number of carbonyl (C=O) groups excluding carboxylic acids is 1. The van der Waals surface area contributed by atoms with E-state index in [2.05, 4.69) is 22.5 Å². The van der Waals surface area contributed by atoms with Crippen LogP contribution in [-0.2, 0) is 9.53 Å². The first kappa shape index (κ1) is 24.0. The zero-order valence-electron chi connectivity index (χ0n) is 17.2. The maximum atomic E-state index is 11.5. The number of nitrogens with one attached hydrogen (secondary N) is 2. The maximum absolute atomic E-state index is 11.5. The molecule has 1 amide bonds. The highest BCUT2D eigenvalue weighted by Crippen LogP contribution is 2.34. The second-order valence-corrected chi connectivity index (χ2v) is 8.85. The summed E-state index contributed by atoms with van der Waals surface area (Å²) in [6.45, 7) is 10.8. The first-order valence-electron chi connectivity index (χ1n) is 10.3. The molecule has 0 aromatic rings. The number of hydrogen-bond acceptors (Lipinski definition) is 5. The molecule has 3 saturated heterocycles. The summed E-state index contributed by atoms with van der Waals surface area (Å²) >= 11 is 2.05. The van der Waals surface area contributed by atoms with Gasteiger partial charge in [0.25, 0.3) is 0 Å². The largest absolute Gasteiger partial charge is 0.379 e. The van der Waals surface area contributed by atoms with E-state index in [1.54, 1.807) is 6.92 Å². The third kappa shape index (κ3) is 6.37. The van der Waals surface area contributed by atoms with Gasteiger partial charge in [-0.25, -0.2) is 0 Å². The number of ether oxygens (including phenoxy) is 1. The number of thioether (sulfide) groups is 1. The Hall–Kier alpha value is -0.260. The van der Waals surface area contributed by atoms with Crippen LogP contribution in [0.5, 0.6) is 0 Å². The highest BCUT2D eigenvalue weighted by Gasteiger charge is 2.40. The number of guanidine groups is 1. The van der Waals surface area contributed by atoms with Crippen LogP contribution in [0, 0.1) is 0 Å². The lowest BCUT2D eigenvalue weighted by molar-refractivity contribution is -0.129. The first-order chi connectivity index (χ1) is 13.1. The van der Waals surface area contributed by atoms with Crippen LogP contribution in [-0.4, -0.2) is 97.2 Å². The normalized spacial score (nSPS) is 27.4. The molecule has 3 fully saturated rings. The molecule has 0 aromatic heterocycles. The van der Waals surface area contributed by atoms with Gasteiger partial charge in [0.2, 0.25) is 5.91 Å². The van der Waals surface area contributed by atoms with Crippen LogP contribution in [0.4, 0.5) is 0 Å². The number of amides is 1. The molecular weight excluding hydrogens is 489 g/mol. The number of hydrogen-bond donors (Lipinski definition) is 2. The Labute approximate surface area is 190 Å². The fourth-order valence-electron chi connectivity index (χ4n) is 4.19. The molecule has 0 saturated carbocycles. The van der Waals surface area contributed by atoms with Crippen LogP contribution in [0.3, 0.4) is 0 Å². The Kier molecular flexibility index (Phi) is 10.1. The third-order valence-electron chi connectivity index (χ3n) is 5.92. The van der Waals surface area contributed by atoms with Crippen molar-refractivity contribution in [2.45, 2.75) is 44.7 Å². The van der Waals surface area contributed by atoms with Crippen molar-refractivity contribution in [2.75, 3.05) is 64.0 Å². The van der Waals surface area contributed by atoms with E-state index in [-0.39, 0.29) is 35.4 Å². The molecule has 3 aliphatic heterocycles. The molecule has 28 heavy (non-hydrogen) atoms. The van der Waals surface area contributed by atoms with Gasteiger partial charge in [-0.15, -0.1) is 24.0 Å². The lowest BCUT2D eigenvalue weighted by Crippen LogP contribution is -2.56. The number of nitrogens with zero attached hydrogens (tertiary/aromatic N) is 3. The molecule has 3 rings (SSSR count). The average Bonchev–Trinajstić information content (AvgIpc) is 3.18. The zero-order chi connectivity index (χ0) is 19.1. The number of piperidine rings is 1. The summed E-state index contributed by atoms with van der Waals surface area (Å²) in [7, 11) is 0. The zero-order valence-corrected chi connectivity index (χ0v) is 20.4. The van der Waals surface area contributed by atoms with Gasteiger partial charge in [-0.05, 0) is 31.9 Å². The van der Waals surface area contributed by atoms with Gasteiger partial charge < -0.3 is 20.3 Å². The molecule has 1 atom stereocenters. The van der Waals surface area contributed by atoms with Crippen molar-refractivity contribution in [3.63, 3.8) is 0 Å². The van der Waals surface area contributed by atoms with Gasteiger partial charge in [0, 0.05) is 51.4 Å². The van der Waals surface area contributed by atoms with Crippen molar-refractivity contribution >= 4 is 47.6 Å². The summed E-state index contributed by atoms with van der Waals surface area (Å²) in [5.74, 6) is 3.48. The number of carbonyl (C=O) groups is 1. The SMILES string of the molecule is CCNC(=NCC1(N2CCOCC2)CCSC1)NC1CCN(C(C)=O)CC1.I. The van der Waals surface area contributed by atoms with Crippen LogP contribution in [0.25, 0.3) is 0 Å². The molecule has 2 N–H and O–H groups in total. The van der Waals surface area contributed by atoms with Gasteiger partial charge in [0.15, 0.2) is 5.96 Å². The summed E-state index contributed by atoms with van der Waals surface area (Å²) in [6.07, 6.45) is 3.17. The summed E-state index contributed by atoms with van der Waals surface area (Å²) in [5, 5.41) is 7.03. The predicted octanol–water partition coefficient (Wildman–Crippen LogP) is 1.38. The molecule has 3 aliphatic rings. The highest BCUT2D eigenvalue weighted by atomic mass is 127. The fourth-order valence-corrected chi connectivity index (χ4v) is 5.65. The first-order valence-corrected chi connectivity index (χ1v) is 11.5. The third-order valence-corrected chi connectivity index (χ3v) is 7.16. The molecule has 0 aliphatic carbocycles. The lowest BCUT2D eigenvalue weighted by atomic mass is 9.96. The summed E-state index contributed by atoms with van der Waals surface area (Å²) in [6, 6.07) is 0.385. The second-order valence-electron chi connectivity index (χ2n) is 7.75. The van der Waals surface area contributed by atoms with E-state index in [0.717, 1.165) is 77.0 Å². The molecule has 162 valence electrons. The van der Waals surface area contributed by atoms with E-state index in [0.29, 0.717) is 6.04 Å². The summed E-state index contributed by atoms with van der Waals surface area (Å²) in [4.78, 5) is 21.1. The maximum Gasteiger partial charge on any atom is 0.219 e. The molecular formula is C19H36IN5O2S. The van der Waals surface area contributed by atoms with Crippen LogP contribution < -0.4 is 10.6 Å². The van der Waals surface area contributed by atoms with Gasteiger partial charge in [-0.2, -0.15) is 11.8 Å². The molecule has 7 nitrogen and oxygen atoms in total. The monoisotopic (exact) mass is 525 g/mol. The Morgan fingerprint density at radius 2 is 1.96 bits per heavy atom. The van der Waals surface area contributed by atoms with Crippen LogP contribution in [0.2, 0.25) is 0 Å². The van der Waals surface area contributed by atoms with Crippen molar-refractivity contribution in [3.05, 3.63) is 0 Å². The van der Waals surface area contributed by atoms with Crippen molar-refractivity contribution in [3.8, 4) is 0 Å². The fraction of sp³-hybridized carbons (Fsp3) is 0.895. The smallest absolute Gasteiger partial charge is 0.219 e. The highest BCUT2D eigenvalue weighted by molar-refractivity contribution is 14.0. The Balaban J connectivity index is 0.00000280. The number of rotatable bonds is 5. The lowest BCUT2D eigenvalue weighted by Gasteiger charge is -2.42. The number of aliphatic imine (C=N–C) groups is 1. The molecule has 0 radical (unpaired) electrons. The Morgan fingerprint density at radius 1 is 1.25 bits per heavy atom. The van der Waals surface area contributed by atoms with Gasteiger partial charge in [-0.3, -0.25) is 14.7 Å². The Morgan fingerprint density at radius 3 is 2.54 bits per heavy atom. The van der Waals surface area contributed by atoms with E-state index in [1.807, 2.05) is 16.7 Å². The summed E-state index contributed by atoms with van der Waals surface area (Å²) < 4.78 is 5.56. The minimum absolute atomic E-state index is 0. The van der Waals surface area contributed by atoms with Crippen molar-refractivity contribution in [2.24, 2.45) is 4.99 Å². The summed E-state index contributed by atoms with van der Waals surface area (Å²) in [5.41, 5.74) is 0.175. The Bertz CT molecular complexity index is 516. The minimum Gasteiger partial charge on any atom is -0.379 e. The standard InChI is InChI=1S/C19H35N5O2S.HI/c1-3-20-18(22-17-4-7-23(8-5-17)16(2)25)21-14-19(6-13-27-15-19)24-9-11-26-12-10-24;/h17H,3-15H2,1-2H3,(H2,20,21,22);1H. The molecule has 1 unspecified atom stereocenters. The predicted molar refractivity (Wildman–Crippen MR) is 127 cm³/mol. The van der Waals surface area contributed by atoms with E-state index >= 15 is 0 Å². The minimum atomic E-state index is 0. The van der Waals surface area contributed by atoms with Crippen molar-refractivity contribution in [1.82, 2.24) is 20.4 Å². The van der Waals surface area contributed by atoms with Crippen LogP contribution in [0.15, 0.2) is 4.99 Å². The molecule has 0 aromatic carbocycles. The molecule has 3 heterocycles. The van der Waals surface area contributed by atoms with Crippen molar-refractivity contribution in [1.29, 1.82) is 0 Å². The van der Waals surface area contributed by atoms with Gasteiger partial charge in [-0.1, -0.05) is 0 Å². The van der Waals surface area contributed by atoms with Gasteiger partial charge in [0.1, 0.15) is 0 Å². The number of morpholine rings is 1. The van der Waals surface area contributed by atoms with Gasteiger partial charge >= 0.3 is 0 Å². The van der Waals surface area contributed by atoms with Gasteiger partial charge in [0.05, 0.1) is 25.3 Å². The number of halogens is 1. The van der Waals surface area contributed by atoms with Crippen LogP contribution >= 0.6 is 35.7 Å². The van der Waals surface area contributed by atoms with E-state index in [1.165, 1.54) is 12.2 Å². The quantitative estimate of drug-likeness (QED) is 0.321. The van der Waals surface area contributed by atoms with Crippen LogP contribution in [0.1, 0.15) is 33.1 Å². The number of likely N-dealkylation sites (tertiary alicyclic amines) is 1. The van der Waals surface area contributed by atoms with E-state index in [4.69, 9.17) is 9.73 Å². The second kappa shape index (κ2) is 11.8. The van der Waals surface area contributed by atoms with E-state index < -0.39 is 0 Å². The molecule has 0 spiro atoms. The topological polar surface area (TPSA) is 69.2 Å². The van der Waals surface area contributed by atoms with Crippen molar-refractivity contribution < 1.29 is 9.53 Å². The molecule has 0 bridgehead atoms. The average molecular weight is 526 g/mol. The molecule has 9 heteroatoms. The van der Waals surface area contributed by atoms with E-state index in [9.17, 15) is 4.79 Å².